The maximum Gasteiger partial charge on any atom is 0.225 e. The first kappa shape index (κ1) is 14.9. The average Bonchev–Trinajstić information content (AvgIpc) is 2.18. The Labute approximate surface area is 98.4 Å². The Bertz CT molecular complexity index is 240. The van der Waals surface area contributed by atoms with E-state index in [9.17, 15) is 9.59 Å². The van der Waals surface area contributed by atoms with Crippen molar-refractivity contribution in [1.29, 1.82) is 0 Å². The summed E-state index contributed by atoms with van der Waals surface area (Å²) in [4.78, 5) is 24.9. The smallest absolute Gasteiger partial charge is 0.225 e. The summed E-state index contributed by atoms with van der Waals surface area (Å²) in [5.74, 6) is 0.0825. The topological polar surface area (TPSA) is 49.4 Å². The normalized spacial score (nSPS) is 11.1. The summed E-state index contributed by atoms with van der Waals surface area (Å²) in [5, 5.41) is 2.77. The summed E-state index contributed by atoms with van der Waals surface area (Å²) in [5.41, 5.74) is -0.391. The van der Waals surface area contributed by atoms with E-state index in [0.29, 0.717) is 13.0 Å². The lowest BCUT2D eigenvalue weighted by Gasteiger charge is -2.20. The third-order valence-corrected chi connectivity index (χ3v) is 2.42. The Morgan fingerprint density at radius 2 is 1.62 bits per heavy atom. The summed E-state index contributed by atoms with van der Waals surface area (Å²) in [6.45, 7) is 11.3. The number of carbonyl (C=O) groups is 2. The van der Waals surface area contributed by atoms with Crippen molar-refractivity contribution < 1.29 is 9.59 Å². The predicted octanol–water partition coefficient (Wildman–Crippen LogP) is 1.41. The van der Waals surface area contributed by atoms with Crippen LogP contribution in [-0.4, -0.2) is 36.3 Å². The van der Waals surface area contributed by atoms with Gasteiger partial charge in [-0.15, -0.1) is 0 Å². The van der Waals surface area contributed by atoms with Crippen molar-refractivity contribution in [3.05, 3.63) is 0 Å². The molecule has 1 N–H and O–H groups in total. The second-order valence-electron chi connectivity index (χ2n) is 4.82. The third kappa shape index (κ3) is 5.14. The molecule has 0 aliphatic heterocycles. The van der Waals surface area contributed by atoms with Crippen molar-refractivity contribution >= 4 is 11.8 Å². The van der Waals surface area contributed by atoms with Crippen molar-refractivity contribution in [2.45, 2.75) is 41.0 Å². The highest BCUT2D eigenvalue weighted by atomic mass is 16.2. The Kier molecular flexibility index (Phi) is 6.08. The van der Waals surface area contributed by atoms with Crippen molar-refractivity contribution in [3.63, 3.8) is 0 Å². The Morgan fingerprint density at radius 1 is 1.12 bits per heavy atom. The van der Waals surface area contributed by atoms with Gasteiger partial charge in [0.2, 0.25) is 11.8 Å². The van der Waals surface area contributed by atoms with E-state index in [0.717, 1.165) is 13.1 Å². The van der Waals surface area contributed by atoms with Gasteiger partial charge in [0.25, 0.3) is 0 Å². The van der Waals surface area contributed by atoms with E-state index in [1.807, 2.05) is 34.6 Å². The molecule has 0 aliphatic rings. The van der Waals surface area contributed by atoms with E-state index >= 15 is 0 Å². The summed E-state index contributed by atoms with van der Waals surface area (Å²) in [6, 6.07) is 0. The molecular formula is C12H24N2O2. The van der Waals surface area contributed by atoms with Gasteiger partial charge in [-0.2, -0.15) is 0 Å². The lowest BCUT2D eigenvalue weighted by atomic mass is 9.96. The molecule has 4 heteroatoms. The lowest BCUT2D eigenvalue weighted by Crippen LogP contribution is -2.38. The van der Waals surface area contributed by atoms with Crippen LogP contribution in [0, 0.1) is 5.41 Å². The first-order valence-electron chi connectivity index (χ1n) is 5.89. The molecular weight excluding hydrogens is 204 g/mol. The van der Waals surface area contributed by atoms with E-state index in [4.69, 9.17) is 0 Å². The van der Waals surface area contributed by atoms with Crippen LogP contribution in [-0.2, 0) is 9.59 Å². The largest absolute Gasteiger partial charge is 0.355 e. The molecule has 0 spiro atoms. The molecule has 0 aromatic heterocycles. The van der Waals surface area contributed by atoms with Gasteiger partial charge in [0.05, 0.1) is 0 Å². The maximum absolute atomic E-state index is 11.6. The molecule has 0 atom stereocenters. The van der Waals surface area contributed by atoms with Crippen LogP contribution in [0.5, 0.6) is 0 Å². The van der Waals surface area contributed by atoms with Crippen LogP contribution >= 0.6 is 0 Å². The minimum atomic E-state index is -0.391. The molecule has 2 amide bonds. The standard InChI is InChI=1S/C12H24N2O2/c1-6-14(7-2)10(15)8-9-13-11(16)12(3,4)5/h6-9H2,1-5H3,(H,13,16). The van der Waals surface area contributed by atoms with Crippen molar-refractivity contribution in [3.8, 4) is 0 Å². The van der Waals surface area contributed by atoms with E-state index in [1.165, 1.54) is 0 Å². The molecule has 0 aromatic carbocycles. The van der Waals surface area contributed by atoms with Crippen molar-refractivity contribution in [1.82, 2.24) is 10.2 Å². The fourth-order valence-electron chi connectivity index (χ4n) is 1.28. The van der Waals surface area contributed by atoms with Crippen LogP contribution in [0.3, 0.4) is 0 Å². The molecule has 94 valence electrons. The highest BCUT2D eigenvalue weighted by Gasteiger charge is 2.20. The fourth-order valence-corrected chi connectivity index (χ4v) is 1.28. The number of hydrogen-bond donors (Lipinski definition) is 1. The van der Waals surface area contributed by atoms with Gasteiger partial charge < -0.3 is 10.2 Å². The number of rotatable bonds is 5. The first-order chi connectivity index (χ1) is 7.32. The van der Waals surface area contributed by atoms with Gasteiger partial charge in [-0.05, 0) is 13.8 Å². The van der Waals surface area contributed by atoms with E-state index in [2.05, 4.69) is 5.32 Å². The molecule has 0 aliphatic carbocycles. The second-order valence-corrected chi connectivity index (χ2v) is 4.82. The van der Waals surface area contributed by atoms with Gasteiger partial charge in [0, 0.05) is 31.5 Å². The van der Waals surface area contributed by atoms with E-state index < -0.39 is 5.41 Å². The minimum absolute atomic E-state index is 0.0140. The zero-order chi connectivity index (χ0) is 12.8. The third-order valence-electron chi connectivity index (χ3n) is 2.42. The summed E-state index contributed by atoms with van der Waals surface area (Å²) in [6.07, 6.45) is 0.378. The predicted molar refractivity (Wildman–Crippen MR) is 65.0 cm³/mol. The lowest BCUT2D eigenvalue weighted by molar-refractivity contribution is -0.131. The van der Waals surface area contributed by atoms with Crippen LogP contribution in [0.25, 0.3) is 0 Å². The van der Waals surface area contributed by atoms with Crippen LogP contribution in [0.15, 0.2) is 0 Å². The van der Waals surface area contributed by atoms with Crippen molar-refractivity contribution in [2.75, 3.05) is 19.6 Å². The molecule has 0 aromatic rings. The molecule has 0 bridgehead atoms. The number of nitrogens with zero attached hydrogens (tertiary/aromatic N) is 1. The number of hydrogen-bond acceptors (Lipinski definition) is 2. The molecule has 0 fully saturated rings. The zero-order valence-corrected chi connectivity index (χ0v) is 11.1. The van der Waals surface area contributed by atoms with Crippen LogP contribution in [0.2, 0.25) is 0 Å². The van der Waals surface area contributed by atoms with Crippen LogP contribution < -0.4 is 5.32 Å². The molecule has 16 heavy (non-hydrogen) atoms. The Morgan fingerprint density at radius 3 is 2.00 bits per heavy atom. The molecule has 0 radical (unpaired) electrons. The van der Waals surface area contributed by atoms with E-state index in [-0.39, 0.29) is 11.8 Å². The number of nitrogens with one attached hydrogen (secondary N) is 1. The Hall–Kier alpha value is -1.06. The molecule has 0 heterocycles. The van der Waals surface area contributed by atoms with Gasteiger partial charge in [0.1, 0.15) is 0 Å². The SMILES string of the molecule is CCN(CC)C(=O)CCNC(=O)C(C)(C)C. The first-order valence-corrected chi connectivity index (χ1v) is 5.89. The number of carbonyl (C=O) groups excluding carboxylic acids is 2. The molecule has 0 rings (SSSR count). The molecule has 4 nitrogen and oxygen atoms in total. The monoisotopic (exact) mass is 228 g/mol. The van der Waals surface area contributed by atoms with Gasteiger partial charge in [-0.3, -0.25) is 9.59 Å². The number of amides is 2. The van der Waals surface area contributed by atoms with Crippen LogP contribution in [0.1, 0.15) is 41.0 Å². The molecule has 0 saturated carbocycles. The van der Waals surface area contributed by atoms with Gasteiger partial charge in [-0.1, -0.05) is 20.8 Å². The van der Waals surface area contributed by atoms with Gasteiger partial charge in [-0.25, -0.2) is 0 Å². The minimum Gasteiger partial charge on any atom is -0.355 e. The highest BCUT2D eigenvalue weighted by Crippen LogP contribution is 2.12. The highest BCUT2D eigenvalue weighted by molar-refractivity contribution is 5.82. The average molecular weight is 228 g/mol. The van der Waals surface area contributed by atoms with Crippen LogP contribution in [0.4, 0.5) is 0 Å². The quantitative estimate of drug-likeness (QED) is 0.773. The van der Waals surface area contributed by atoms with E-state index in [1.54, 1.807) is 4.90 Å². The summed E-state index contributed by atoms with van der Waals surface area (Å²) < 4.78 is 0. The van der Waals surface area contributed by atoms with Gasteiger partial charge in [0.15, 0.2) is 0 Å². The molecule has 0 unspecified atom stereocenters. The Balaban J connectivity index is 3.91. The fraction of sp³-hybridized carbons (Fsp3) is 0.833. The second kappa shape index (κ2) is 6.51. The van der Waals surface area contributed by atoms with Gasteiger partial charge >= 0.3 is 0 Å². The van der Waals surface area contributed by atoms with Crippen molar-refractivity contribution in [2.24, 2.45) is 5.41 Å². The molecule has 0 saturated heterocycles. The zero-order valence-electron chi connectivity index (χ0n) is 11.1. The summed E-state index contributed by atoms with van der Waals surface area (Å²) in [7, 11) is 0. The summed E-state index contributed by atoms with van der Waals surface area (Å²) >= 11 is 0. The maximum atomic E-state index is 11.6.